The zero-order chi connectivity index (χ0) is 26.0. The SMILES string of the molecule is CCCCCCCCCCCCCCCCCCNC(=O)CN1C(=O)CSC1c1c(Cl)cccc1Cl. The van der Waals surface area contributed by atoms with Gasteiger partial charge in [-0.05, 0) is 18.6 Å². The number of carbonyl (C=O) groups is 2. The normalized spacial score (nSPS) is 15.6. The van der Waals surface area contributed by atoms with E-state index in [9.17, 15) is 9.59 Å². The molecule has 1 aromatic rings. The van der Waals surface area contributed by atoms with Crippen molar-refractivity contribution in [1.82, 2.24) is 10.2 Å². The van der Waals surface area contributed by atoms with E-state index in [0.717, 1.165) is 12.8 Å². The number of hydrogen-bond acceptors (Lipinski definition) is 3. The number of thioether (sulfide) groups is 1. The minimum absolute atomic E-state index is 0.0386. The lowest BCUT2D eigenvalue weighted by molar-refractivity contribution is -0.133. The number of carbonyl (C=O) groups excluding carboxylic acids is 2. The van der Waals surface area contributed by atoms with E-state index in [4.69, 9.17) is 23.2 Å². The number of rotatable bonds is 20. The van der Waals surface area contributed by atoms with Gasteiger partial charge in [0.05, 0.1) is 5.75 Å². The lowest BCUT2D eigenvalue weighted by atomic mass is 10.0. The number of halogens is 2. The first-order chi connectivity index (χ1) is 17.5. The Hall–Kier alpha value is -0.910. The third-order valence-electron chi connectivity index (χ3n) is 6.88. The van der Waals surface area contributed by atoms with Crippen molar-refractivity contribution in [2.75, 3.05) is 18.8 Å². The van der Waals surface area contributed by atoms with Crippen molar-refractivity contribution in [2.24, 2.45) is 0 Å². The van der Waals surface area contributed by atoms with Gasteiger partial charge in [-0.2, -0.15) is 0 Å². The molecule has 1 saturated heterocycles. The summed E-state index contributed by atoms with van der Waals surface area (Å²) in [5, 5.41) is 3.70. The first-order valence-electron chi connectivity index (χ1n) is 14.2. The van der Waals surface area contributed by atoms with Gasteiger partial charge in [-0.25, -0.2) is 0 Å². The molecule has 0 aliphatic carbocycles. The zero-order valence-electron chi connectivity index (χ0n) is 22.2. The molecule has 36 heavy (non-hydrogen) atoms. The van der Waals surface area contributed by atoms with Gasteiger partial charge in [0.25, 0.3) is 0 Å². The van der Waals surface area contributed by atoms with Crippen LogP contribution in [0, 0.1) is 0 Å². The Morgan fingerprint density at radius 3 is 1.83 bits per heavy atom. The lowest BCUT2D eigenvalue weighted by Gasteiger charge is -2.25. The molecular weight excluding hydrogens is 511 g/mol. The molecule has 1 unspecified atom stereocenters. The van der Waals surface area contributed by atoms with Crippen molar-refractivity contribution < 1.29 is 9.59 Å². The maximum atomic E-state index is 12.5. The molecule has 204 valence electrons. The van der Waals surface area contributed by atoms with Crippen LogP contribution < -0.4 is 5.32 Å². The molecular formula is C29H46Cl2N2O2S. The number of amides is 2. The number of benzene rings is 1. The quantitative estimate of drug-likeness (QED) is 0.163. The predicted octanol–water partition coefficient (Wildman–Crippen LogP) is 8.95. The summed E-state index contributed by atoms with van der Waals surface area (Å²) >= 11 is 14.1. The van der Waals surface area contributed by atoms with Crippen LogP contribution in [0.1, 0.15) is 121 Å². The molecule has 1 aliphatic heterocycles. The Morgan fingerprint density at radius 1 is 0.861 bits per heavy atom. The van der Waals surface area contributed by atoms with Crippen LogP contribution in [-0.4, -0.2) is 35.6 Å². The highest BCUT2D eigenvalue weighted by Crippen LogP contribution is 2.44. The van der Waals surface area contributed by atoms with Crippen molar-refractivity contribution in [2.45, 2.75) is 115 Å². The summed E-state index contributed by atoms with van der Waals surface area (Å²) in [6, 6.07) is 5.31. The van der Waals surface area contributed by atoms with Crippen LogP contribution in [0.5, 0.6) is 0 Å². The molecule has 1 N–H and O–H groups in total. The van der Waals surface area contributed by atoms with E-state index >= 15 is 0 Å². The molecule has 0 spiro atoms. The molecule has 1 atom stereocenters. The van der Waals surface area contributed by atoms with E-state index in [1.54, 1.807) is 23.1 Å². The molecule has 1 fully saturated rings. The summed E-state index contributed by atoms with van der Waals surface area (Å²) < 4.78 is 0. The summed E-state index contributed by atoms with van der Waals surface area (Å²) in [5.74, 6) is 0.150. The van der Waals surface area contributed by atoms with Crippen LogP contribution in [-0.2, 0) is 9.59 Å². The Labute approximate surface area is 233 Å². The summed E-state index contributed by atoms with van der Waals surface area (Å²) in [7, 11) is 0. The lowest BCUT2D eigenvalue weighted by Crippen LogP contribution is -2.39. The average molecular weight is 558 g/mol. The smallest absolute Gasteiger partial charge is 0.239 e. The van der Waals surface area contributed by atoms with Crippen LogP contribution >= 0.6 is 35.0 Å². The van der Waals surface area contributed by atoms with E-state index in [1.807, 2.05) is 0 Å². The number of unbranched alkanes of at least 4 members (excludes halogenated alkanes) is 15. The highest BCUT2D eigenvalue weighted by atomic mass is 35.5. The van der Waals surface area contributed by atoms with Gasteiger partial charge >= 0.3 is 0 Å². The summed E-state index contributed by atoms with van der Waals surface area (Å²) in [4.78, 5) is 26.4. The first kappa shape index (κ1) is 31.3. The Bertz CT molecular complexity index is 757. The van der Waals surface area contributed by atoms with Crippen LogP contribution in [0.4, 0.5) is 0 Å². The fourth-order valence-electron chi connectivity index (χ4n) is 4.72. The van der Waals surface area contributed by atoms with Crippen molar-refractivity contribution >= 4 is 46.8 Å². The van der Waals surface area contributed by atoms with E-state index in [-0.39, 0.29) is 23.7 Å². The maximum Gasteiger partial charge on any atom is 0.239 e. The summed E-state index contributed by atoms with van der Waals surface area (Å²) in [5.41, 5.74) is 0.710. The molecule has 1 heterocycles. The first-order valence-corrected chi connectivity index (χ1v) is 16.0. The molecule has 4 nitrogen and oxygen atoms in total. The van der Waals surface area contributed by atoms with Crippen molar-refractivity contribution in [3.05, 3.63) is 33.8 Å². The third-order valence-corrected chi connectivity index (χ3v) is 8.76. The minimum atomic E-state index is -0.319. The van der Waals surface area contributed by atoms with Gasteiger partial charge in [0.15, 0.2) is 0 Å². The zero-order valence-corrected chi connectivity index (χ0v) is 24.5. The van der Waals surface area contributed by atoms with E-state index in [0.29, 0.717) is 27.9 Å². The molecule has 0 saturated carbocycles. The average Bonchev–Trinajstić information content (AvgIpc) is 3.20. The van der Waals surface area contributed by atoms with Gasteiger partial charge in [0, 0.05) is 22.2 Å². The molecule has 2 amide bonds. The number of hydrogen-bond donors (Lipinski definition) is 1. The number of nitrogens with zero attached hydrogens (tertiary/aromatic N) is 1. The molecule has 1 aromatic carbocycles. The molecule has 2 rings (SSSR count). The highest BCUT2D eigenvalue weighted by molar-refractivity contribution is 8.00. The second-order valence-electron chi connectivity index (χ2n) is 9.97. The Kier molecular flexibility index (Phi) is 16.7. The van der Waals surface area contributed by atoms with Crippen LogP contribution in [0.15, 0.2) is 18.2 Å². The topological polar surface area (TPSA) is 49.4 Å². The standard InChI is InChI=1S/C29H46Cl2N2O2S/c1-2-3-4-5-6-7-8-9-10-11-12-13-14-15-16-17-21-32-26(34)22-33-27(35)23-36-29(33)28-24(30)19-18-20-25(28)31/h18-20,29H,2-17,21-23H2,1H3,(H,32,34). The third kappa shape index (κ3) is 12.1. The monoisotopic (exact) mass is 556 g/mol. The van der Waals surface area contributed by atoms with E-state index < -0.39 is 0 Å². The van der Waals surface area contributed by atoms with Gasteiger partial charge < -0.3 is 10.2 Å². The second kappa shape index (κ2) is 19.2. The Morgan fingerprint density at radius 2 is 1.33 bits per heavy atom. The molecule has 0 radical (unpaired) electrons. The van der Waals surface area contributed by atoms with Crippen molar-refractivity contribution in [3.8, 4) is 0 Å². The number of nitrogens with one attached hydrogen (secondary N) is 1. The predicted molar refractivity (Wildman–Crippen MR) is 156 cm³/mol. The fourth-order valence-corrected chi connectivity index (χ4v) is 6.71. The molecule has 7 heteroatoms. The fraction of sp³-hybridized carbons (Fsp3) is 0.724. The van der Waals surface area contributed by atoms with Crippen LogP contribution in [0.25, 0.3) is 0 Å². The van der Waals surface area contributed by atoms with Gasteiger partial charge in [-0.15, -0.1) is 11.8 Å². The van der Waals surface area contributed by atoms with Gasteiger partial charge in [0.1, 0.15) is 11.9 Å². The van der Waals surface area contributed by atoms with E-state index in [1.165, 1.54) is 102 Å². The maximum absolute atomic E-state index is 12.5. The highest BCUT2D eigenvalue weighted by Gasteiger charge is 2.36. The summed E-state index contributed by atoms with van der Waals surface area (Å²) in [6.07, 6.45) is 21.3. The second-order valence-corrected chi connectivity index (χ2v) is 11.9. The van der Waals surface area contributed by atoms with Crippen molar-refractivity contribution in [3.63, 3.8) is 0 Å². The minimum Gasteiger partial charge on any atom is -0.355 e. The van der Waals surface area contributed by atoms with Gasteiger partial charge in [-0.3, -0.25) is 9.59 Å². The largest absolute Gasteiger partial charge is 0.355 e. The van der Waals surface area contributed by atoms with E-state index in [2.05, 4.69) is 12.2 Å². The molecule has 0 bridgehead atoms. The van der Waals surface area contributed by atoms with Crippen LogP contribution in [0.2, 0.25) is 10.0 Å². The van der Waals surface area contributed by atoms with Gasteiger partial charge in [-0.1, -0.05) is 133 Å². The molecule has 0 aromatic heterocycles. The van der Waals surface area contributed by atoms with Crippen molar-refractivity contribution in [1.29, 1.82) is 0 Å². The Balaban J connectivity index is 1.46. The van der Waals surface area contributed by atoms with Crippen LogP contribution in [0.3, 0.4) is 0 Å². The summed E-state index contributed by atoms with van der Waals surface area (Å²) in [6.45, 7) is 2.97. The molecule has 1 aliphatic rings. The van der Waals surface area contributed by atoms with Gasteiger partial charge in [0.2, 0.25) is 11.8 Å².